The molecular weight excluding hydrogens is 456 g/mol. The van der Waals surface area contributed by atoms with Crippen molar-refractivity contribution >= 4 is 6.34 Å². The number of rotatable bonds is 6. The minimum Gasteiger partial charge on any atom is -0.345 e. The lowest BCUT2D eigenvalue weighted by atomic mass is 9.98. The molecule has 0 aliphatic carbocycles. The van der Waals surface area contributed by atoms with E-state index in [0.29, 0.717) is 0 Å². The van der Waals surface area contributed by atoms with Crippen molar-refractivity contribution in [3.8, 4) is 0 Å². The highest BCUT2D eigenvalue weighted by molar-refractivity contribution is 5.57. The molecular formula is C24H36N12. The van der Waals surface area contributed by atoms with Crippen LogP contribution < -0.4 is 10.7 Å². The van der Waals surface area contributed by atoms with E-state index in [1.807, 2.05) is 12.4 Å². The highest BCUT2D eigenvalue weighted by Crippen LogP contribution is 2.52. The van der Waals surface area contributed by atoms with Crippen LogP contribution in [0.15, 0.2) is 47.1 Å². The standard InChI is InChI=1S/C24H36N12/c1-2-13-30(12-1)22-23(31-17-10-25-19-31)35(33-18-11-26-20-33)36(34-16-6-9-28-34)24(22,32-14-3-4-15-32)21-7-5-8-27-29-21/h1,5,7-8,12,20,25,28H,2-4,6,9-11,13-19H2. The predicted octanol–water partition coefficient (Wildman–Crippen LogP) is -0.107. The topological polar surface area (TPSA) is 84.9 Å². The second kappa shape index (κ2) is 9.27. The van der Waals surface area contributed by atoms with E-state index in [0.717, 1.165) is 84.1 Å². The number of aliphatic imine (C=N–C) groups is 1. The fourth-order valence-electron chi connectivity index (χ4n) is 6.43. The molecule has 3 fully saturated rings. The number of aromatic nitrogens is 2. The molecule has 7 heterocycles. The van der Waals surface area contributed by atoms with Gasteiger partial charge in [-0.2, -0.15) is 20.4 Å². The van der Waals surface area contributed by atoms with E-state index in [9.17, 15) is 0 Å². The molecule has 6 aliphatic heterocycles. The van der Waals surface area contributed by atoms with Crippen LogP contribution in [0.25, 0.3) is 0 Å². The molecule has 1 atom stereocenters. The van der Waals surface area contributed by atoms with Crippen molar-refractivity contribution < 1.29 is 0 Å². The summed E-state index contributed by atoms with van der Waals surface area (Å²) in [5, 5.41) is 22.3. The molecule has 1 aromatic rings. The van der Waals surface area contributed by atoms with Crippen LogP contribution in [0.3, 0.4) is 0 Å². The Kier molecular flexibility index (Phi) is 5.78. The molecule has 1 unspecified atom stereocenters. The van der Waals surface area contributed by atoms with Gasteiger partial charge in [0.1, 0.15) is 17.7 Å². The number of hydrogen-bond donors (Lipinski definition) is 2. The van der Waals surface area contributed by atoms with Crippen LogP contribution in [-0.4, -0.2) is 117 Å². The molecule has 2 N–H and O–H groups in total. The summed E-state index contributed by atoms with van der Waals surface area (Å²) >= 11 is 0. The molecule has 12 heteroatoms. The number of nitrogens with one attached hydrogen (secondary N) is 2. The minimum absolute atomic E-state index is 0.648. The molecule has 12 nitrogen and oxygen atoms in total. The van der Waals surface area contributed by atoms with Gasteiger partial charge in [-0.3, -0.25) is 20.2 Å². The van der Waals surface area contributed by atoms with Crippen LogP contribution in [0.2, 0.25) is 0 Å². The summed E-state index contributed by atoms with van der Waals surface area (Å²) in [6.45, 7) is 9.23. The molecule has 7 rings (SSSR count). The summed E-state index contributed by atoms with van der Waals surface area (Å²) in [6.07, 6.45) is 12.8. The Hall–Kier alpha value is -2.77. The lowest BCUT2D eigenvalue weighted by molar-refractivity contribution is -0.310. The van der Waals surface area contributed by atoms with Crippen LogP contribution >= 0.6 is 0 Å². The molecule has 0 radical (unpaired) electrons. The first-order chi connectivity index (χ1) is 17.9. The van der Waals surface area contributed by atoms with Gasteiger partial charge >= 0.3 is 0 Å². The average molecular weight is 493 g/mol. The Bertz CT molecular complexity index is 1020. The van der Waals surface area contributed by atoms with Crippen molar-refractivity contribution in [1.82, 2.24) is 56.0 Å². The highest BCUT2D eigenvalue weighted by Gasteiger charge is 2.64. The van der Waals surface area contributed by atoms with Gasteiger partial charge in [-0.25, -0.2) is 5.43 Å². The molecule has 6 aliphatic rings. The quantitative estimate of drug-likeness (QED) is 0.558. The maximum atomic E-state index is 4.86. The second-order valence-electron chi connectivity index (χ2n) is 10.1. The summed E-state index contributed by atoms with van der Waals surface area (Å²) < 4.78 is 0. The molecule has 36 heavy (non-hydrogen) atoms. The predicted molar refractivity (Wildman–Crippen MR) is 135 cm³/mol. The number of hydrogen-bond acceptors (Lipinski definition) is 12. The third-order valence-corrected chi connectivity index (χ3v) is 7.95. The Morgan fingerprint density at radius 1 is 0.972 bits per heavy atom. The molecule has 0 aromatic carbocycles. The number of nitrogens with zero attached hydrogens (tertiary/aromatic N) is 10. The smallest absolute Gasteiger partial charge is 0.200 e. The van der Waals surface area contributed by atoms with E-state index < -0.39 is 5.66 Å². The summed E-state index contributed by atoms with van der Waals surface area (Å²) in [7, 11) is 0. The summed E-state index contributed by atoms with van der Waals surface area (Å²) in [4.78, 5) is 12.2. The van der Waals surface area contributed by atoms with Crippen LogP contribution in [0, 0.1) is 0 Å². The van der Waals surface area contributed by atoms with Gasteiger partial charge < -0.3 is 9.80 Å². The van der Waals surface area contributed by atoms with Crippen molar-refractivity contribution in [3.05, 3.63) is 47.8 Å². The Morgan fingerprint density at radius 3 is 2.58 bits per heavy atom. The zero-order valence-corrected chi connectivity index (χ0v) is 20.8. The van der Waals surface area contributed by atoms with Gasteiger partial charge in [0.25, 0.3) is 0 Å². The monoisotopic (exact) mass is 492 g/mol. The largest absolute Gasteiger partial charge is 0.345 e. The van der Waals surface area contributed by atoms with Crippen LogP contribution in [0.1, 0.15) is 31.4 Å². The molecule has 0 saturated carbocycles. The van der Waals surface area contributed by atoms with Gasteiger partial charge in [0.15, 0.2) is 11.5 Å². The normalized spacial score (nSPS) is 29.9. The van der Waals surface area contributed by atoms with Gasteiger partial charge in [0.2, 0.25) is 0 Å². The van der Waals surface area contributed by atoms with Crippen molar-refractivity contribution in [3.63, 3.8) is 0 Å². The highest BCUT2D eigenvalue weighted by atomic mass is 16.1. The van der Waals surface area contributed by atoms with Gasteiger partial charge in [-0.05, 0) is 37.8 Å². The molecule has 192 valence electrons. The molecule has 0 bridgehead atoms. The summed E-state index contributed by atoms with van der Waals surface area (Å²) in [6, 6.07) is 4.19. The van der Waals surface area contributed by atoms with E-state index >= 15 is 0 Å². The van der Waals surface area contributed by atoms with E-state index in [2.05, 4.69) is 74.2 Å². The van der Waals surface area contributed by atoms with Crippen LogP contribution in [0.4, 0.5) is 0 Å². The average Bonchev–Trinajstić information content (AvgIpc) is 3.73. The maximum Gasteiger partial charge on any atom is 0.200 e. The molecule has 0 spiro atoms. The first kappa shape index (κ1) is 22.4. The lowest BCUT2D eigenvalue weighted by Crippen LogP contribution is -2.69. The van der Waals surface area contributed by atoms with E-state index in [1.165, 1.54) is 24.4 Å². The third kappa shape index (κ3) is 3.36. The van der Waals surface area contributed by atoms with Crippen molar-refractivity contribution in [1.29, 1.82) is 0 Å². The van der Waals surface area contributed by atoms with E-state index in [1.54, 1.807) is 6.20 Å². The van der Waals surface area contributed by atoms with Gasteiger partial charge in [0.05, 0.1) is 19.8 Å². The molecule has 0 amide bonds. The summed E-state index contributed by atoms with van der Waals surface area (Å²) in [5.74, 6) is 1.20. The van der Waals surface area contributed by atoms with Gasteiger partial charge in [-0.1, -0.05) is 11.2 Å². The van der Waals surface area contributed by atoms with Crippen molar-refractivity contribution in [2.75, 3.05) is 65.6 Å². The fourth-order valence-corrected chi connectivity index (χ4v) is 6.43. The third-order valence-electron chi connectivity index (χ3n) is 7.95. The maximum absolute atomic E-state index is 4.86. The van der Waals surface area contributed by atoms with Gasteiger partial charge in [0, 0.05) is 58.2 Å². The second-order valence-corrected chi connectivity index (χ2v) is 10.1. The van der Waals surface area contributed by atoms with E-state index in [-0.39, 0.29) is 0 Å². The van der Waals surface area contributed by atoms with Crippen LogP contribution in [0.5, 0.6) is 0 Å². The number of hydrazine groups is 4. The molecule has 1 aromatic heterocycles. The first-order valence-corrected chi connectivity index (χ1v) is 13.4. The van der Waals surface area contributed by atoms with Crippen molar-refractivity contribution in [2.45, 2.75) is 31.3 Å². The van der Waals surface area contributed by atoms with Crippen LogP contribution in [-0.2, 0) is 5.66 Å². The lowest BCUT2D eigenvalue weighted by Gasteiger charge is -2.52. The Labute approximate surface area is 212 Å². The first-order valence-electron chi connectivity index (χ1n) is 13.4. The fraction of sp³-hybridized carbons (Fsp3) is 0.625. The molecule has 3 saturated heterocycles. The zero-order chi connectivity index (χ0) is 24.0. The summed E-state index contributed by atoms with van der Waals surface area (Å²) in [5.41, 5.74) is 5.27. The Morgan fingerprint density at radius 2 is 1.92 bits per heavy atom. The minimum atomic E-state index is -0.648. The SMILES string of the molecule is C1=CN(C2=C(N3CCNC3)N(N3C=NCC3)N(N3CCCN3)C2(c2cccnn2)N2CCCC2)CC1. The zero-order valence-electron chi connectivity index (χ0n) is 20.8. The van der Waals surface area contributed by atoms with Crippen molar-refractivity contribution in [2.24, 2.45) is 4.99 Å². The van der Waals surface area contributed by atoms with E-state index in [4.69, 9.17) is 5.10 Å². The number of likely N-dealkylation sites (tertiary alicyclic amines) is 1. The Balaban J connectivity index is 1.53. The van der Waals surface area contributed by atoms with Gasteiger partial charge in [-0.15, -0.1) is 0 Å².